The van der Waals surface area contributed by atoms with Gasteiger partial charge in [0.1, 0.15) is 0 Å². The molecule has 0 saturated carbocycles. The molecule has 6 rings (SSSR count). The smallest absolute Gasteiger partial charge is 0.0358 e. The molecule has 0 N–H and O–H groups in total. The van der Waals surface area contributed by atoms with Gasteiger partial charge in [0.05, 0.1) is 0 Å². The van der Waals surface area contributed by atoms with Gasteiger partial charge in [0, 0.05) is 5.92 Å². The van der Waals surface area contributed by atoms with Crippen molar-refractivity contribution in [3.63, 3.8) is 0 Å². The first-order chi connectivity index (χ1) is 15.4. The van der Waals surface area contributed by atoms with E-state index in [2.05, 4.69) is 127 Å². The van der Waals surface area contributed by atoms with E-state index < -0.39 is 0 Å². The van der Waals surface area contributed by atoms with E-state index in [4.69, 9.17) is 0 Å². The Kier molecular flexibility index (Phi) is 4.28. The highest BCUT2D eigenvalue weighted by molar-refractivity contribution is 5.94. The fraction of sp³-hybridized carbons (Fsp3) is 0.0323. The Bertz CT molecular complexity index is 1340. The summed E-state index contributed by atoms with van der Waals surface area (Å²) in [5, 5.41) is 7.80. The van der Waals surface area contributed by atoms with Gasteiger partial charge in [-0.15, -0.1) is 0 Å². The molecule has 0 aliphatic heterocycles. The summed E-state index contributed by atoms with van der Waals surface area (Å²) in [7, 11) is 0. The molecule has 6 aromatic carbocycles. The summed E-state index contributed by atoms with van der Waals surface area (Å²) in [6.45, 7) is 0. The van der Waals surface area contributed by atoms with Crippen LogP contribution in [0.5, 0.6) is 0 Å². The molecule has 0 fully saturated rings. The third-order valence-electron chi connectivity index (χ3n) is 6.40. The Morgan fingerprint density at radius 2 is 0.581 bits per heavy atom. The zero-order valence-corrected chi connectivity index (χ0v) is 17.2. The molecule has 0 aromatic heterocycles. The summed E-state index contributed by atoms with van der Waals surface area (Å²) in [4.78, 5) is 0. The molecule has 0 amide bonds. The molecule has 6 aromatic rings. The maximum atomic E-state index is 2.30. The quantitative estimate of drug-likeness (QED) is 0.265. The van der Waals surface area contributed by atoms with E-state index >= 15 is 0 Å². The van der Waals surface area contributed by atoms with Crippen LogP contribution < -0.4 is 0 Å². The van der Waals surface area contributed by atoms with E-state index in [-0.39, 0.29) is 5.92 Å². The maximum absolute atomic E-state index is 2.30. The van der Waals surface area contributed by atoms with Crippen molar-refractivity contribution in [2.45, 2.75) is 5.92 Å². The van der Waals surface area contributed by atoms with Crippen molar-refractivity contribution in [3.05, 3.63) is 144 Å². The van der Waals surface area contributed by atoms with Gasteiger partial charge in [-0.05, 0) is 49.0 Å². The van der Waals surface area contributed by atoms with Crippen molar-refractivity contribution in [1.29, 1.82) is 0 Å². The molecule has 0 nitrogen and oxygen atoms in total. The fourth-order valence-corrected chi connectivity index (χ4v) is 5.01. The van der Waals surface area contributed by atoms with Crippen LogP contribution in [0.15, 0.2) is 127 Å². The van der Waals surface area contributed by atoms with Gasteiger partial charge < -0.3 is 0 Å². The molecule has 0 saturated heterocycles. The molecular weight excluding hydrogens is 372 g/mol. The predicted molar refractivity (Wildman–Crippen MR) is 133 cm³/mol. The molecule has 0 spiro atoms. The topological polar surface area (TPSA) is 0 Å². The first-order valence-electron chi connectivity index (χ1n) is 10.8. The average Bonchev–Trinajstić information content (AvgIpc) is 2.85. The normalized spacial score (nSPS) is 11.5. The van der Waals surface area contributed by atoms with Crippen LogP contribution in [0.4, 0.5) is 0 Å². The van der Waals surface area contributed by atoms with Gasteiger partial charge in [-0.2, -0.15) is 0 Å². The van der Waals surface area contributed by atoms with Crippen LogP contribution in [-0.2, 0) is 0 Å². The Morgan fingerprint density at radius 3 is 0.935 bits per heavy atom. The highest BCUT2D eigenvalue weighted by Crippen LogP contribution is 2.41. The number of rotatable bonds is 3. The first kappa shape index (κ1) is 17.9. The lowest BCUT2D eigenvalue weighted by Crippen LogP contribution is -2.06. The lowest BCUT2D eigenvalue weighted by molar-refractivity contribution is 1.01. The SMILES string of the molecule is c1ccc2c(C(c3cccc4ccccc34)c3cccc4ccccc34)cccc2c1. The van der Waals surface area contributed by atoms with Crippen molar-refractivity contribution in [2.24, 2.45) is 0 Å². The number of hydrogen-bond donors (Lipinski definition) is 0. The van der Waals surface area contributed by atoms with Crippen molar-refractivity contribution in [1.82, 2.24) is 0 Å². The Hall–Kier alpha value is -3.90. The van der Waals surface area contributed by atoms with Crippen LogP contribution in [0.25, 0.3) is 32.3 Å². The molecule has 0 aliphatic rings. The van der Waals surface area contributed by atoms with Crippen molar-refractivity contribution < 1.29 is 0 Å². The highest BCUT2D eigenvalue weighted by Gasteiger charge is 2.22. The van der Waals surface area contributed by atoms with E-state index in [1.54, 1.807) is 0 Å². The summed E-state index contributed by atoms with van der Waals surface area (Å²) in [5.41, 5.74) is 4.06. The van der Waals surface area contributed by atoms with Crippen LogP contribution in [0.2, 0.25) is 0 Å². The molecule has 0 radical (unpaired) electrons. The molecular formula is C31H22. The molecule has 31 heavy (non-hydrogen) atoms. The van der Waals surface area contributed by atoms with Crippen molar-refractivity contribution in [3.8, 4) is 0 Å². The van der Waals surface area contributed by atoms with E-state index in [1.165, 1.54) is 49.0 Å². The van der Waals surface area contributed by atoms with Gasteiger partial charge in [0.25, 0.3) is 0 Å². The Balaban J connectivity index is 1.75. The lowest BCUT2D eigenvalue weighted by atomic mass is 9.79. The van der Waals surface area contributed by atoms with Crippen LogP contribution in [-0.4, -0.2) is 0 Å². The Labute approximate surface area is 182 Å². The van der Waals surface area contributed by atoms with Crippen LogP contribution in [0.1, 0.15) is 22.6 Å². The molecule has 0 atom stereocenters. The summed E-state index contributed by atoms with van der Waals surface area (Å²) >= 11 is 0. The Morgan fingerprint density at radius 1 is 0.290 bits per heavy atom. The molecule has 0 heteroatoms. The second kappa shape index (κ2) is 7.41. The zero-order valence-electron chi connectivity index (χ0n) is 17.2. The predicted octanol–water partition coefficient (Wildman–Crippen LogP) is 8.33. The van der Waals surface area contributed by atoms with E-state index in [9.17, 15) is 0 Å². The number of fused-ring (bicyclic) bond motifs is 3. The number of benzene rings is 6. The van der Waals surface area contributed by atoms with Crippen LogP contribution in [0.3, 0.4) is 0 Å². The molecule has 0 bridgehead atoms. The minimum atomic E-state index is 0.142. The van der Waals surface area contributed by atoms with Crippen LogP contribution >= 0.6 is 0 Å². The molecule has 146 valence electrons. The molecule has 0 aliphatic carbocycles. The standard InChI is InChI=1S/C31H22/c1-4-16-25-22(10-1)13-7-19-28(25)31(29-20-8-14-23-11-2-5-17-26(23)29)30-21-9-15-24-12-3-6-18-27(24)30/h1-21,31H. The third kappa shape index (κ3) is 3.00. The summed E-state index contributed by atoms with van der Waals surface area (Å²) in [5.74, 6) is 0.142. The van der Waals surface area contributed by atoms with Gasteiger partial charge in [0.15, 0.2) is 0 Å². The van der Waals surface area contributed by atoms with Gasteiger partial charge in [-0.1, -0.05) is 127 Å². The fourth-order valence-electron chi connectivity index (χ4n) is 5.01. The second-order valence-corrected chi connectivity index (χ2v) is 8.14. The maximum Gasteiger partial charge on any atom is 0.0358 e. The zero-order chi connectivity index (χ0) is 20.6. The largest absolute Gasteiger partial charge is 0.0616 e. The van der Waals surface area contributed by atoms with E-state index in [0.29, 0.717) is 0 Å². The summed E-state index contributed by atoms with van der Waals surface area (Å²) in [6.07, 6.45) is 0. The van der Waals surface area contributed by atoms with E-state index in [0.717, 1.165) is 0 Å². The van der Waals surface area contributed by atoms with Gasteiger partial charge in [0.2, 0.25) is 0 Å². The third-order valence-corrected chi connectivity index (χ3v) is 6.40. The molecule has 0 heterocycles. The second-order valence-electron chi connectivity index (χ2n) is 8.14. The molecule has 0 unspecified atom stereocenters. The van der Waals surface area contributed by atoms with E-state index in [1.807, 2.05) is 0 Å². The van der Waals surface area contributed by atoms with Gasteiger partial charge in [-0.3, -0.25) is 0 Å². The average molecular weight is 395 g/mol. The highest BCUT2D eigenvalue weighted by atomic mass is 14.2. The van der Waals surface area contributed by atoms with Gasteiger partial charge >= 0.3 is 0 Å². The monoisotopic (exact) mass is 394 g/mol. The van der Waals surface area contributed by atoms with Gasteiger partial charge in [-0.25, -0.2) is 0 Å². The summed E-state index contributed by atoms with van der Waals surface area (Å²) in [6, 6.07) is 46.3. The van der Waals surface area contributed by atoms with Crippen molar-refractivity contribution >= 4 is 32.3 Å². The number of hydrogen-bond acceptors (Lipinski definition) is 0. The van der Waals surface area contributed by atoms with Crippen molar-refractivity contribution in [2.75, 3.05) is 0 Å². The summed E-state index contributed by atoms with van der Waals surface area (Å²) < 4.78 is 0. The lowest BCUT2D eigenvalue weighted by Gasteiger charge is -2.24. The first-order valence-corrected chi connectivity index (χ1v) is 10.8. The van der Waals surface area contributed by atoms with Crippen LogP contribution in [0, 0.1) is 0 Å². The minimum Gasteiger partial charge on any atom is -0.0616 e. The minimum absolute atomic E-state index is 0.142.